The molecular weight excluding hydrogens is 600 g/mol. The number of halogens is 1. The van der Waals surface area contributed by atoms with Gasteiger partial charge < -0.3 is 26.0 Å². The van der Waals surface area contributed by atoms with Gasteiger partial charge in [-0.2, -0.15) is 4.99 Å². The van der Waals surface area contributed by atoms with Crippen molar-refractivity contribution < 1.29 is 14.7 Å². The molecule has 1 atom stereocenters. The maximum Gasteiger partial charge on any atom is 0.264 e. The number of piperidine rings is 2. The smallest absolute Gasteiger partial charge is 0.264 e. The van der Waals surface area contributed by atoms with Crippen LogP contribution >= 0.6 is 23.4 Å². The van der Waals surface area contributed by atoms with Crippen LogP contribution in [-0.4, -0.2) is 67.7 Å². The summed E-state index contributed by atoms with van der Waals surface area (Å²) in [5.41, 5.74) is 7.61. The molecule has 0 bridgehead atoms. The Morgan fingerprint density at radius 1 is 1.14 bits per heavy atom. The van der Waals surface area contributed by atoms with Crippen LogP contribution in [-0.2, 0) is 9.59 Å². The third kappa shape index (κ3) is 4.95. The zero-order valence-electron chi connectivity index (χ0n) is 24.1. The van der Waals surface area contributed by atoms with Crippen LogP contribution in [0.1, 0.15) is 51.4 Å². The van der Waals surface area contributed by atoms with Gasteiger partial charge in [0.25, 0.3) is 5.91 Å². The summed E-state index contributed by atoms with van der Waals surface area (Å²) >= 11 is 8.20. The van der Waals surface area contributed by atoms with E-state index in [9.17, 15) is 14.7 Å². The van der Waals surface area contributed by atoms with Gasteiger partial charge in [-0.05, 0) is 56.1 Å². The number of aliphatic hydroxyl groups excluding tert-OH is 1. The van der Waals surface area contributed by atoms with Gasteiger partial charge in [0.05, 0.1) is 15.6 Å². The average Bonchev–Trinajstić information content (AvgIpc) is 3.66. The molecule has 3 aliphatic heterocycles. The van der Waals surface area contributed by atoms with Gasteiger partial charge in [-0.25, -0.2) is 14.8 Å². The molecule has 4 aliphatic rings. The highest BCUT2D eigenvalue weighted by Gasteiger charge is 2.43. The van der Waals surface area contributed by atoms with Crippen molar-refractivity contribution in [2.45, 2.75) is 67.2 Å². The van der Waals surface area contributed by atoms with E-state index in [1.165, 1.54) is 24.6 Å². The lowest BCUT2D eigenvalue weighted by atomic mass is 9.74. The van der Waals surface area contributed by atoms with E-state index in [2.05, 4.69) is 20.2 Å². The number of hydrogen-bond acceptors (Lipinski definition) is 10. The summed E-state index contributed by atoms with van der Waals surface area (Å²) in [4.78, 5) is 44.4. The molecule has 1 amide bonds. The van der Waals surface area contributed by atoms with E-state index in [1.54, 1.807) is 23.2 Å². The molecule has 1 saturated carbocycles. The van der Waals surface area contributed by atoms with Gasteiger partial charge in [0.1, 0.15) is 17.1 Å². The third-order valence-electron chi connectivity index (χ3n) is 9.46. The second kappa shape index (κ2) is 11.6. The van der Waals surface area contributed by atoms with Crippen molar-refractivity contribution in [1.82, 2.24) is 19.3 Å². The van der Waals surface area contributed by atoms with E-state index in [4.69, 9.17) is 22.3 Å². The van der Waals surface area contributed by atoms with Crippen LogP contribution in [0.2, 0.25) is 5.02 Å². The lowest BCUT2D eigenvalue weighted by Gasteiger charge is -2.42. The first-order valence-electron chi connectivity index (χ1n) is 15.0. The lowest BCUT2D eigenvalue weighted by molar-refractivity contribution is -0.112. The monoisotopic (exact) mass is 632 g/mol. The molecule has 0 radical (unpaired) electrons. The Labute approximate surface area is 263 Å². The largest absolute Gasteiger partial charge is 0.493 e. The van der Waals surface area contributed by atoms with Crippen molar-refractivity contribution in [3.63, 3.8) is 0 Å². The number of aliphatic hydroxyl groups is 1. The van der Waals surface area contributed by atoms with E-state index in [-0.39, 0.29) is 16.7 Å². The van der Waals surface area contributed by atoms with Crippen LogP contribution in [0, 0.1) is 5.41 Å². The highest BCUT2D eigenvalue weighted by atomic mass is 35.5. The van der Waals surface area contributed by atoms with Crippen molar-refractivity contribution in [3.05, 3.63) is 59.0 Å². The predicted molar refractivity (Wildman–Crippen MR) is 170 cm³/mol. The minimum atomic E-state index is -0.693. The highest BCUT2D eigenvalue weighted by Crippen LogP contribution is 2.46. The Kier molecular flexibility index (Phi) is 7.62. The lowest BCUT2D eigenvalue weighted by Crippen LogP contribution is -2.47. The molecule has 228 valence electrons. The van der Waals surface area contributed by atoms with Gasteiger partial charge >= 0.3 is 0 Å². The Hall–Kier alpha value is -3.83. The number of anilines is 2. The Balaban J connectivity index is 1.11. The zero-order valence-corrected chi connectivity index (χ0v) is 25.7. The van der Waals surface area contributed by atoms with Crippen molar-refractivity contribution in [2.75, 3.05) is 29.9 Å². The van der Waals surface area contributed by atoms with Gasteiger partial charge in [0, 0.05) is 55.6 Å². The number of hydrogen-bond donors (Lipinski definition) is 3. The van der Waals surface area contributed by atoms with E-state index >= 15 is 0 Å². The molecule has 44 heavy (non-hydrogen) atoms. The molecule has 7 rings (SSSR count). The second-order valence-electron chi connectivity index (χ2n) is 11.9. The first-order valence-corrected chi connectivity index (χ1v) is 16.2. The minimum absolute atomic E-state index is 0.0193. The Bertz CT molecular complexity index is 1760. The molecule has 0 unspecified atom stereocenters. The molecule has 1 spiro atoms. The number of nitrogens with two attached hydrogens (primary N) is 1. The number of rotatable bonds is 5. The van der Waals surface area contributed by atoms with Crippen molar-refractivity contribution in [1.29, 1.82) is 0 Å². The molecule has 1 aromatic carbocycles. The van der Waals surface area contributed by atoms with Gasteiger partial charge in [-0.1, -0.05) is 35.9 Å². The Morgan fingerprint density at radius 2 is 1.98 bits per heavy atom. The molecule has 4 N–H and O–H groups in total. The van der Waals surface area contributed by atoms with Crippen LogP contribution in [0.5, 0.6) is 0 Å². The fraction of sp³-hybridized carbons (Fsp3) is 0.419. The van der Waals surface area contributed by atoms with Gasteiger partial charge in [-0.3, -0.25) is 9.20 Å². The molecule has 3 fully saturated rings. The van der Waals surface area contributed by atoms with E-state index in [0.717, 1.165) is 61.7 Å². The summed E-state index contributed by atoms with van der Waals surface area (Å²) in [5.74, 6) is 2.06. The number of aromatic nitrogens is 3. The number of imidazole rings is 1. The number of fused-ring (bicyclic) bond motifs is 2. The minimum Gasteiger partial charge on any atom is -0.493 e. The average molecular weight is 633 g/mol. The summed E-state index contributed by atoms with van der Waals surface area (Å²) in [6, 6.07) is 5.58. The van der Waals surface area contributed by atoms with Crippen LogP contribution in [0.3, 0.4) is 0 Å². The van der Waals surface area contributed by atoms with Crippen molar-refractivity contribution >= 4 is 58.3 Å². The molecule has 13 heteroatoms. The number of carbonyl (C=O) groups excluding carboxylic acids is 2. The molecule has 2 saturated heterocycles. The molecular formula is C31H33ClN8O3S. The maximum atomic E-state index is 13.3. The molecule has 1 aliphatic carbocycles. The molecule has 5 heterocycles. The number of nitrogens with one attached hydrogen (secondary N) is 1. The second-order valence-corrected chi connectivity index (χ2v) is 13.3. The summed E-state index contributed by atoms with van der Waals surface area (Å²) in [5, 5.41) is 13.6. The maximum absolute atomic E-state index is 13.3. The van der Waals surface area contributed by atoms with Gasteiger partial charge in [0.15, 0.2) is 11.6 Å². The number of nitrogens with zero attached hydrogens (tertiary/aromatic N) is 6. The standard InChI is InChI=1S/C31H33ClN8O3S/c32-26-19(36-28(42)25-20(18-41)39-13-2-1-8-24(39)37-29(25)43)5-3-6-21(26)44-22-17-35-30(40-16-12-34-27(22)40)38-14-10-31(11-15-38)9-4-7-23(31)33/h3,5-6,12,16-17,23,43H,1-2,4,7-11,13-15,33H2,(H,36,42)/t23-/m1/s1. The summed E-state index contributed by atoms with van der Waals surface area (Å²) in [6.07, 6.45) is 13.5. The first kappa shape index (κ1) is 28.9. The summed E-state index contributed by atoms with van der Waals surface area (Å²) in [7, 11) is 0. The predicted octanol–water partition coefficient (Wildman–Crippen LogP) is 4.95. The quantitative estimate of drug-likeness (QED) is 0.333. The summed E-state index contributed by atoms with van der Waals surface area (Å²) in [6.45, 7) is 2.35. The van der Waals surface area contributed by atoms with Crippen molar-refractivity contribution in [2.24, 2.45) is 16.1 Å². The fourth-order valence-electron chi connectivity index (χ4n) is 7.03. The van der Waals surface area contributed by atoms with Crippen molar-refractivity contribution in [3.8, 4) is 0 Å². The molecule has 2 aromatic heterocycles. The Morgan fingerprint density at radius 3 is 2.75 bits per heavy atom. The number of carbonyl (C=O) groups is 1. The van der Waals surface area contributed by atoms with E-state index in [0.29, 0.717) is 40.4 Å². The third-order valence-corrected chi connectivity index (χ3v) is 11.0. The van der Waals surface area contributed by atoms with E-state index < -0.39 is 11.8 Å². The van der Waals surface area contributed by atoms with Crippen LogP contribution in [0.15, 0.2) is 68.7 Å². The van der Waals surface area contributed by atoms with Crippen LogP contribution < -0.4 is 16.0 Å². The normalized spacial score (nSPS) is 21.5. The first-order chi connectivity index (χ1) is 21.4. The van der Waals surface area contributed by atoms with Crippen LogP contribution in [0.4, 0.5) is 11.6 Å². The summed E-state index contributed by atoms with van der Waals surface area (Å²) < 4.78 is 2.01. The highest BCUT2D eigenvalue weighted by molar-refractivity contribution is 7.99. The topological polar surface area (TPSA) is 141 Å². The number of amidine groups is 1. The number of aliphatic imine (C=N–C) groups is 1. The molecule has 11 nitrogen and oxygen atoms in total. The van der Waals surface area contributed by atoms with Gasteiger partial charge in [0.2, 0.25) is 11.8 Å². The van der Waals surface area contributed by atoms with Gasteiger partial charge in [-0.15, -0.1) is 0 Å². The van der Waals surface area contributed by atoms with Crippen LogP contribution in [0.25, 0.3) is 5.65 Å². The fourth-order valence-corrected chi connectivity index (χ4v) is 8.25. The SMILES string of the molecule is N[C@@H]1CCCC12CCN(c1ncc(Sc3cccc(NC(=O)C4=C(O)N=C5CCCCN5C4=C=O)c3Cl)c3nccn13)CC2. The number of amides is 1. The number of benzene rings is 1. The molecule has 3 aromatic rings. The zero-order chi connectivity index (χ0) is 30.4. The van der Waals surface area contributed by atoms with E-state index in [1.807, 2.05) is 28.8 Å².